The molecule has 1 heterocycles. The smallest absolute Gasteiger partial charge is 0.226 e. The van der Waals surface area contributed by atoms with Crippen LogP contribution in [0.3, 0.4) is 0 Å². The van der Waals surface area contributed by atoms with Gasteiger partial charge in [-0.25, -0.2) is 9.37 Å². The first-order valence-corrected chi connectivity index (χ1v) is 6.64. The van der Waals surface area contributed by atoms with Gasteiger partial charge in [0.15, 0.2) is 0 Å². The van der Waals surface area contributed by atoms with Gasteiger partial charge in [-0.2, -0.15) is 0 Å². The molecule has 1 unspecified atom stereocenters. The maximum Gasteiger partial charge on any atom is 0.226 e. The first kappa shape index (κ1) is 15.6. The van der Waals surface area contributed by atoms with Gasteiger partial charge in [-0.3, -0.25) is 4.90 Å². The van der Waals surface area contributed by atoms with Crippen LogP contribution in [0.1, 0.15) is 5.69 Å². The summed E-state index contributed by atoms with van der Waals surface area (Å²) in [5.74, 6) is 0.160. The molecule has 0 aliphatic heterocycles. The Hall–Kier alpha value is -1.76. The highest BCUT2D eigenvalue weighted by molar-refractivity contribution is 5.52. The van der Waals surface area contributed by atoms with Crippen molar-refractivity contribution < 1.29 is 18.7 Å². The van der Waals surface area contributed by atoms with Crippen LogP contribution in [-0.4, -0.2) is 48.4 Å². The minimum absolute atomic E-state index is 0.294. The van der Waals surface area contributed by atoms with Gasteiger partial charge in [0.25, 0.3) is 0 Å². The second-order valence-corrected chi connectivity index (χ2v) is 4.96. The lowest BCUT2D eigenvalue weighted by molar-refractivity contribution is 0.0416. The van der Waals surface area contributed by atoms with Crippen molar-refractivity contribution >= 4 is 0 Å². The van der Waals surface area contributed by atoms with Gasteiger partial charge in [-0.1, -0.05) is 0 Å². The molecule has 6 heteroatoms. The average Bonchev–Trinajstić information content (AvgIpc) is 2.88. The molecule has 0 aliphatic carbocycles. The minimum Gasteiger partial charge on any atom is -0.444 e. The second-order valence-electron chi connectivity index (χ2n) is 4.96. The van der Waals surface area contributed by atoms with Gasteiger partial charge in [-0.05, 0) is 31.3 Å². The van der Waals surface area contributed by atoms with Crippen molar-refractivity contribution in [3.8, 4) is 11.5 Å². The second kappa shape index (κ2) is 7.31. The van der Waals surface area contributed by atoms with Crippen LogP contribution in [0.4, 0.5) is 4.39 Å². The quantitative estimate of drug-likeness (QED) is 0.845. The summed E-state index contributed by atoms with van der Waals surface area (Å²) in [5.41, 5.74) is 1.48. The van der Waals surface area contributed by atoms with E-state index in [0.29, 0.717) is 25.6 Å². The highest BCUT2D eigenvalue weighted by atomic mass is 19.1. The van der Waals surface area contributed by atoms with Crippen molar-refractivity contribution in [1.29, 1.82) is 0 Å². The number of methoxy groups -OCH3 is 1. The molecule has 5 nitrogen and oxygen atoms in total. The number of hydrogen-bond acceptors (Lipinski definition) is 5. The van der Waals surface area contributed by atoms with E-state index in [1.807, 2.05) is 11.9 Å². The highest BCUT2D eigenvalue weighted by Gasteiger charge is 2.12. The van der Waals surface area contributed by atoms with Crippen LogP contribution in [0.25, 0.3) is 11.5 Å². The summed E-state index contributed by atoms with van der Waals surface area (Å²) in [7, 11) is 3.43. The number of benzene rings is 1. The molecule has 0 saturated carbocycles. The summed E-state index contributed by atoms with van der Waals surface area (Å²) in [6.45, 7) is 1.32. The van der Waals surface area contributed by atoms with Crippen molar-refractivity contribution in [3.63, 3.8) is 0 Å². The maximum absolute atomic E-state index is 12.9. The molecule has 1 atom stereocenters. The number of likely N-dealkylation sites (N-methyl/N-ethyl adjacent to an activating group) is 1. The standard InChI is InChI=1S/C15H19FN2O3/c1-18(8-14(19)10-20-2)7-13-9-21-15(17-13)11-3-5-12(16)6-4-11/h3-6,9,14,19H,7-8,10H2,1-2H3. The Morgan fingerprint density at radius 3 is 2.76 bits per heavy atom. The zero-order valence-electron chi connectivity index (χ0n) is 12.1. The van der Waals surface area contributed by atoms with E-state index in [9.17, 15) is 9.50 Å². The monoisotopic (exact) mass is 294 g/mol. The van der Waals surface area contributed by atoms with Crippen LogP contribution in [-0.2, 0) is 11.3 Å². The molecule has 0 bridgehead atoms. The Morgan fingerprint density at radius 2 is 2.10 bits per heavy atom. The molecule has 0 fully saturated rings. The number of aliphatic hydroxyl groups excluding tert-OH is 1. The Morgan fingerprint density at radius 1 is 1.38 bits per heavy atom. The molecule has 21 heavy (non-hydrogen) atoms. The zero-order valence-corrected chi connectivity index (χ0v) is 12.1. The van der Waals surface area contributed by atoms with E-state index in [4.69, 9.17) is 9.15 Å². The summed E-state index contributed by atoms with van der Waals surface area (Å²) < 4.78 is 23.2. The summed E-state index contributed by atoms with van der Waals surface area (Å²) in [5, 5.41) is 9.66. The third-order valence-corrected chi connectivity index (χ3v) is 2.96. The minimum atomic E-state index is -0.538. The number of ether oxygens (including phenoxy) is 1. The van der Waals surface area contributed by atoms with Crippen LogP contribution >= 0.6 is 0 Å². The Kier molecular flexibility index (Phi) is 5.44. The number of aliphatic hydroxyl groups is 1. The fraction of sp³-hybridized carbons (Fsp3) is 0.400. The molecule has 0 radical (unpaired) electrons. The molecule has 0 saturated heterocycles. The molecule has 1 N–H and O–H groups in total. The fourth-order valence-corrected chi connectivity index (χ4v) is 2.05. The number of rotatable bonds is 7. The van der Waals surface area contributed by atoms with Crippen molar-refractivity contribution in [3.05, 3.63) is 42.0 Å². The first-order chi connectivity index (χ1) is 10.1. The highest BCUT2D eigenvalue weighted by Crippen LogP contribution is 2.19. The maximum atomic E-state index is 12.9. The van der Waals surface area contributed by atoms with Gasteiger partial charge in [0, 0.05) is 25.8 Å². The number of halogens is 1. The van der Waals surface area contributed by atoms with E-state index in [0.717, 1.165) is 11.3 Å². The van der Waals surface area contributed by atoms with E-state index < -0.39 is 6.10 Å². The van der Waals surface area contributed by atoms with Gasteiger partial charge in [0.1, 0.15) is 12.1 Å². The number of hydrogen-bond donors (Lipinski definition) is 1. The summed E-state index contributed by atoms with van der Waals surface area (Å²) in [6, 6.07) is 5.98. The number of nitrogens with zero attached hydrogens (tertiary/aromatic N) is 2. The molecule has 1 aromatic heterocycles. The Balaban J connectivity index is 1.95. The van der Waals surface area contributed by atoms with Crippen molar-refractivity contribution in [1.82, 2.24) is 9.88 Å². The van der Waals surface area contributed by atoms with Gasteiger partial charge >= 0.3 is 0 Å². The van der Waals surface area contributed by atoms with Crippen molar-refractivity contribution in [2.75, 3.05) is 27.3 Å². The molecular weight excluding hydrogens is 275 g/mol. The van der Waals surface area contributed by atoms with E-state index in [-0.39, 0.29) is 5.82 Å². The topological polar surface area (TPSA) is 58.7 Å². The van der Waals surface area contributed by atoms with Crippen LogP contribution < -0.4 is 0 Å². The summed E-state index contributed by atoms with van der Waals surface area (Å²) in [6.07, 6.45) is 1.03. The molecule has 1 aromatic carbocycles. The third-order valence-electron chi connectivity index (χ3n) is 2.96. The largest absolute Gasteiger partial charge is 0.444 e. The predicted octanol–water partition coefficient (Wildman–Crippen LogP) is 1.92. The van der Waals surface area contributed by atoms with Gasteiger partial charge in [0.05, 0.1) is 18.4 Å². The van der Waals surface area contributed by atoms with Gasteiger partial charge in [-0.15, -0.1) is 0 Å². The van der Waals surface area contributed by atoms with Crippen LogP contribution in [0.2, 0.25) is 0 Å². The predicted molar refractivity (Wildman–Crippen MR) is 76.1 cm³/mol. The van der Waals surface area contributed by atoms with Crippen molar-refractivity contribution in [2.45, 2.75) is 12.6 Å². The third kappa shape index (κ3) is 4.63. The Bertz CT molecular complexity index is 556. The lowest BCUT2D eigenvalue weighted by atomic mass is 10.2. The Labute approximate surface area is 123 Å². The van der Waals surface area contributed by atoms with E-state index >= 15 is 0 Å². The molecule has 2 aromatic rings. The first-order valence-electron chi connectivity index (χ1n) is 6.64. The zero-order chi connectivity index (χ0) is 15.2. The number of oxazole rings is 1. The summed E-state index contributed by atoms with van der Waals surface area (Å²) >= 11 is 0. The van der Waals surface area contributed by atoms with Crippen LogP contribution in [0, 0.1) is 5.82 Å². The average molecular weight is 294 g/mol. The number of aromatic nitrogens is 1. The fourth-order valence-electron chi connectivity index (χ4n) is 2.05. The molecular formula is C15H19FN2O3. The van der Waals surface area contributed by atoms with E-state index in [1.54, 1.807) is 25.5 Å². The van der Waals surface area contributed by atoms with Crippen molar-refractivity contribution in [2.24, 2.45) is 0 Å². The molecule has 2 rings (SSSR count). The summed E-state index contributed by atoms with van der Waals surface area (Å²) in [4.78, 5) is 6.29. The van der Waals surface area contributed by atoms with Crippen LogP contribution in [0.5, 0.6) is 0 Å². The SMILES string of the molecule is COCC(O)CN(C)Cc1coc(-c2ccc(F)cc2)n1. The van der Waals surface area contributed by atoms with Crippen LogP contribution in [0.15, 0.2) is 34.9 Å². The van der Waals surface area contributed by atoms with Gasteiger partial charge in [0.2, 0.25) is 5.89 Å². The normalized spacial score (nSPS) is 12.8. The van der Waals surface area contributed by atoms with E-state index in [1.165, 1.54) is 12.1 Å². The lowest BCUT2D eigenvalue weighted by Gasteiger charge is -2.18. The molecule has 0 spiro atoms. The van der Waals surface area contributed by atoms with Gasteiger partial charge < -0.3 is 14.3 Å². The molecule has 114 valence electrons. The van der Waals surface area contributed by atoms with E-state index in [2.05, 4.69) is 4.98 Å². The molecule has 0 aliphatic rings. The lowest BCUT2D eigenvalue weighted by Crippen LogP contribution is -2.31. The molecule has 0 amide bonds.